The SMILES string of the molecule is CCCCn1nc(CC(N)=O)nc1-c1cc2cc(OC)ccc2n1C. The second kappa shape index (κ2) is 6.96. The van der Waals surface area contributed by atoms with Gasteiger partial charge in [0.15, 0.2) is 11.6 Å². The molecule has 0 saturated carbocycles. The van der Waals surface area contributed by atoms with Crippen LogP contribution in [0.15, 0.2) is 24.3 Å². The summed E-state index contributed by atoms with van der Waals surface area (Å²) >= 11 is 0. The lowest BCUT2D eigenvalue weighted by molar-refractivity contribution is -0.117. The summed E-state index contributed by atoms with van der Waals surface area (Å²) in [4.78, 5) is 15.8. The lowest BCUT2D eigenvalue weighted by Crippen LogP contribution is -2.14. The minimum atomic E-state index is -0.430. The Morgan fingerprint density at radius 2 is 2.12 bits per heavy atom. The summed E-state index contributed by atoms with van der Waals surface area (Å²) in [5.74, 6) is 1.59. The second-order valence-corrected chi connectivity index (χ2v) is 6.08. The molecule has 0 atom stereocenters. The average Bonchev–Trinajstić information content (AvgIpc) is 3.12. The zero-order valence-electron chi connectivity index (χ0n) is 14.8. The summed E-state index contributed by atoms with van der Waals surface area (Å²) in [5.41, 5.74) is 7.33. The van der Waals surface area contributed by atoms with Gasteiger partial charge in [-0.3, -0.25) is 4.79 Å². The molecule has 0 aliphatic carbocycles. The number of ether oxygens (including phenoxy) is 1. The van der Waals surface area contributed by atoms with Gasteiger partial charge in [0.25, 0.3) is 0 Å². The van der Waals surface area contributed by atoms with Crippen LogP contribution in [0, 0.1) is 0 Å². The van der Waals surface area contributed by atoms with Crippen LogP contribution in [0.4, 0.5) is 0 Å². The van der Waals surface area contributed by atoms with Crippen LogP contribution in [0.2, 0.25) is 0 Å². The Morgan fingerprint density at radius 1 is 1.32 bits per heavy atom. The van der Waals surface area contributed by atoms with Gasteiger partial charge in [-0.1, -0.05) is 13.3 Å². The molecule has 3 rings (SSSR count). The fourth-order valence-electron chi connectivity index (χ4n) is 2.94. The van der Waals surface area contributed by atoms with Crippen molar-refractivity contribution in [3.63, 3.8) is 0 Å². The van der Waals surface area contributed by atoms with E-state index in [0.29, 0.717) is 5.82 Å². The Morgan fingerprint density at radius 3 is 2.80 bits per heavy atom. The monoisotopic (exact) mass is 341 g/mol. The third kappa shape index (κ3) is 3.35. The average molecular weight is 341 g/mol. The van der Waals surface area contributed by atoms with Crippen LogP contribution in [-0.4, -0.2) is 32.3 Å². The number of rotatable bonds is 7. The summed E-state index contributed by atoms with van der Waals surface area (Å²) in [5, 5.41) is 5.54. The molecule has 1 amide bonds. The van der Waals surface area contributed by atoms with Gasteiger partial charge < -0.3 is 15.0 Å². The molecule has 0 spiro atoms. The molecule has 0 aliphatic rings. The number of nitrogens with zero attached hydrogens (tertiary/aromatic N) is 4. The number of methoxy groups -OCH3 is 1. The Balaban J connectivity index is 2.10. The summed E-state index contributed by atoms with van der Waals surface area (Å²) in [7, 11) is 3.65. The summed E-state index contributed by atoms with van der Waals surface area (Å²) in [6.45, 7) is 2.88. The van der Waals surface area contributed by atoms with Gasteiger partial charge in [0.1, 0.15) is 5.75 Å². The van der Waals surface area contributed by atoms with E-state index in [-0.39, 0.29) is 6.42 Å². The number of amides is 1. The van der Waals surface area contributed by atoms with Gasteiger partial charge in [-0.15, -0.1) is 0 Å². The topological polar surface area (TPSA) is 88.0 Å². The molecule has 7 heteroatoms. The molecule has 25 heavy (non-hydrogen) atoms. The van der Waals surface area contributed by atoms with E-state index in [2.05, 4.69) is 27.6 Å². The first kappa shape index (κ1) is 17.0. The molecule has 2 aromatic heterocycles. The normalized spacial score (nSPS) is 11.2. The quantitative estimate of drug-likeness (QED) is 0.714. The highest BCUT2D eigenvalue weighted by atomic mass is 16.5. The fraction of sp³-hybridized carbons (Fsp3) is 0.389. The van der Waals surface area contributed by atoms with Gasteiger partial charge >= 0.3 is 0 Å². The molecular formula is C18H23N5O2. The minimum absolute atomic E-state index is 0.0455. The number of hydrogen-bond acceptors (Lipinski definition) is 4. The van der Waals surface area contributed by atoms with Crippen LogP contribution < -0.4 is 10.5 Å². The van der Waals surface area contributed by atoms with Crippen molar-refractivity contribution in [3.8, 4) is 17.3 Å². The molecule has 2 heterocycles. The van der Waals surface area contributed by atoms with Crippen molar-refractivity contribution in [1.82, 2.24) is 19.3 Å². The predicted molar refractivity (Wildman–Crippen MR) is 96.3 cm³/mol. The highest BCUT2D eigenvalue weighted by Crippen LogP contribution is 2.29. The molecule has 7 nitrogen and oxygen atoms in total. The molecule has 0 fully saturated rings. The van der Waals surface area contributed by atoms with Gasteiger partial charge in [-0.25, -0.2) is 9.67 Å². The van der Waals surface area contributed by atoms with Crippen molar-refractivity contribution in [3.05, 3.63) is 30.1 Å². The maximum absolute atomic E-state index is 11.2. The van der Waals surface area contributed by atoms with Crippen LogP contribution >= 0.6 is 0 Å². The molecule has 3 aromatic rings. The minimum Gasteiger partial charge on any atom is -0.497 e. The highest BCUT2D eigenvalue weighted by molar-refractivity contribution is 5.87. The number of carbonyl (C=O) groups is 1. The van der Waals surface area contributed by atoms with Crippen LogP contribution in [0.5, 0.6) is 5.75 Å². The lowest BCUT2D eigenvalue weighted by atomic mass is 10.2. The Kier molecular flexibility index (Phi) is 4.74. The van der Waals surface area contributed by atoms with Gasteiger partial charge in [-0.05, 0) is 30.7 Å². The number of hydrogen-bond donors (Lipinski definition) is 1. The van der Waals surface area contributed by atoms with E-state index in [1.165, 1.54) is 0 Å². The molecule has 132 valence electrons. The molecule has 0 bridgehead atoms. The maximum Gasteiger partial charge on any atom is 0.225 e. The first-order valence-corrected chi connectivity index (χ1v) is 8.39. The molecule has 0 radical (unpaired) electrons. The van der Waals surface area contributed by atoms with E-state index in [4.69, 9.17) is 10.5 Å². The number of nitrogens with two attached hydrogens (primary N) is 1. The van der Waals surface area contributed by atoms with Crippen molar-refractivity contribution >= 4 is 16.8 Å². The Hall–Kier alpha value is -2.83. The number of benzene rings is 1. The van der Waals surface area contributed by atoms with Crippen molar-refractivity contribution in [2.75, 3.05) is 7.11 Å². The van der Waals surface area contributed by atoms with E-state index in [1.54, 1.807) is 7.11 Å². The first-order valence-electron chi connectivity index (χ1n) is 8.39. The second-order valence-electron chi connectivity index (χ2n) is 6.08. The molecule has 0 unspecified atom stereocenters. The van der Waals surface area contributed by atoms with E-state index < -0.39 is 5.91 Å². The van der Waals surface area contributed by atoms with Crippen LogP contribution in [-0.2, 0) is 24.8 Å². The van der Waals surface area contributed by atoms with E-state index in [0.717, 1.165) is 47.6 Å². The number of aryl methyl sites for hydroxylation is 2. The summed E-state index contributed by atoms with van der Waals surface area (Å²) < 4.78 is 9.25. The molecule has 0 saturated heterocycles. The molecule has 1 aromatic carbocycles. The van der Waals surface area contributed by atoms with Crippen LogP contribution in [0.25, 0.3) is 22.4 Å². The first-order chi connectivity index (χ1) is 12.0. The Bertz CT molecular complexity index is 910. The number of fused-ring (bicyclic) bond motifs is 1. The van der Waals surface area contributed by atoms with Crippen molar-refractivity contribution in [1.29, 1.82) is 0 Å². The van der Waals surface area contributed by atoms with Crippen molar-refractivity contribution in [2.24, 2.45) is 12.8 Å². The van der Waals surface area contributed by atoms with Gasteiger partial charge in [0, 0.05) is 24.5 Å². The Labute approximate surface area is 146 Å². The lowest BCUT2D eigenvalue weighted by Gasteiger charge is -2.06. The zero-order chi connectivity index (χ0) is 18.0. The molecule has 0 aliphatic heterocycles. The van der Waals surface area contributed by atoms with Crippen LogP contribution in [0.1, 0.15) is 25.6 Å². The van der Waals surface area contributed by atoms with Crippen LogP contribution in [0.3, 0.4) is 0 Å². The number of primary amides is 1. The third-order valence-electron chi connectivity index (χ3n) is 4.25. The van der Waals surface area contributed by atoms with Gasteiger partial charge in [0.2, 0.25) is 5.91 Å². The van der Waals surface area contributed by atoms with Gasteiger partial charge in [-0.2, -0.15) is 5.10 Å². The van der Waals surface area contributed by atoms with Crippen molar-refractivity contribution in [2.45, 2.75) is 32.7 Å². The van der Waals surface area contributed by atoms with E-state index in [1.807, 2.05) is 29.9 Å². The van der Waals surface area contributed by atoms with E-state index >= 15 is 0 Å². The molecular weight excluding hydrogens is 318 g/mol. The summed E-state index contributed by atoms with van der Waals surface area (Å²) in [6.07, 6.45) is 2.09. The maximum atomic E-state index is 11.2. The number of carbonyl (C=O) groups excluding carboxylic acids is 1. The van der Waals surface area contributed by atoms with Crippen molar-refractivity contribution < 1.29 is 9.53 Å². The number of unbranched alkanes of at least 4 members (excludes halogenated alkanes) is 1. The fourth-order valence-corrected chi connectivity index (χ4v) is 2.94. The molecule has 2 N–H and O–H groups in total. The van der Waals surface area contributed by atoms with E-state index in [9.17, 15) is 4.79 Å². The zero-order valence-corrected chi connectivity index (χ0v) is 14.8. The standard InChI is InChI=1S/C18H23N5O2/c1-4-5-8-23-18(20-17(21-23)11-16(19)24)15-10-12-9-13(25-3)6-7-14(12)22(15)2/h6-7,9-10H,4-5,8,11H2,1-3H3,(H2,19,24). The van der Waals surface area contributed by atoms with Gasteiger partial charge in [0.05, 0.1) is 19.2 Å². The number of aromatic nitrogens is 4. The largest absolute Gasteiger partial charge is 0.497 e. The third-order valence-corrected chi connectivity index (χ3v) is 4.25. The smallest absolute Gasteiger partial charge is 0.225 e. The summed E-state index contributed by atoms with van der Waals surface area (Å²) in [6, 6.07) is 8.02. The highest BCUT2D eigenvalue weighted by Gasteiger charge is 2.17. The predicted octanol–water partition coefficient (Wildman–Crippen LogP) is 2.27.